The second-order valence-corrected chi connectivity index (χ2v) is 7.03. The summed E-state index contributed by atoms with van der Waals surface area (Å²) in [7, 11) is 0. The van der Waals surface area contributed by atoms with Crippen LogP contribution in [0.4, 0.5) is 0 Å². The lowest BCUT2D eigenvalue weighted by molar-refractivity contribution is -0.136. The average Bonchev–Trinajstić information content (AvgIpc) is 2.36. The molecule has 5 nitrogen and oxygen atoms in total. The van der Waals surface area contributed by atoms with Crippen molar-refractivity contribution in [3.05, 3.63) is 0 Å². The van der Waals surface area contributed by atoms with Gasteiger partial charge >= 0.3 is 0 Å². The number of hydrogen-bond acceptors (Lipinski definition) is 3. The first-order valence-electron chi connectivity index (χ1n) is 8.05. The molecule has 1 heterocycles. The minimum Gasteiger partial charge on any atom is -0.350 e. The van der Waals surface area contributed by atoms with Gasteiger partial charge in [0.2, 0.25) is 11.8 Å². The van der Waals surface area contributed by atoms with Crippen molar-refractivity contribution in [2.24, 2.45) is 0 Å². The van der Waals surface area contributed by atoms with Gasteiger partial charge in [0.15, 0.2) is 0 Å². The molecule has 2 amide bonds. The summed E-state index contributed by atoms with van der Waals surface area (Å²) in [6.45, 7) is 12.1. The molecule has 21 heavy (non-hydrogen) atoms. The van der Waals surface area contributed by atoms with E-state index >= 15 is 0 Å². The minimum absolute atomic E-state index is 0.0242. The van der Waals surface area contributed by atoms with Gasteiger partial charge in [-0.1, -0.05) is 6.92 Å². The van der Waals surface area contributed by atoms with Crippen LogP contribution in [0, 0.1) is 0 Å². The minimum atomic E-state index is -0.234. The summed E-state index contributed by atoms with van der Waals surface area (Å²) in [5, 5.41) is 2.94. The maximum Gasteiger partial charge on any atom is 0.237 e. The lowest BCUT2D eigenvalue weighted by atomic mass is 10.0. The number of likely N-dealkylation sites (tertiary alicyclic amines) is 1. The fourth-order valence-corrected chi connectivity index (χ4v) is 2.69. The van der Waals surface area contributed by atoms with Gasteiger partial charge in [0.25, 0.3) is 0 Å². The molecule has 1 aliphatic rings. The molecule has 0 radical (unpaired) electrons. The number of carbonyl (C=O) groups excluding carboxylic acids is 2. The van der Waals surface area contributed by atoms with E-state index in [9.17, 15) is 9.59 Å². The van der Waals surface area contributed by atoms with Crippen LogP contribution in [0.1, 0.15) is 53.9 Å². The Balaban J connectivity index is 2.49. The number of rotatable bonds is 5. The van der Waals surface area contributed by atoms with Gasteiger partial charge in [0.05, 0.1) is 13.1 Å². The van der Waals surface area contributed by atoms with Crippen LogP contribution in [0.2, 0.25) is 0 Å². The van der Waals surface area contributed by atoms with E-state index in [4.69, 9.17) is 0 Å². The predicted octanol–water partition coefficient (Wildman–Crippen LogP) is 1.62. The van der Waals surface area contributed by atoms with E-state index in [0.717, 1.165) is 19.4 Å². The smallest absolute Gasteiger partial charge is 0.237 e. The second-order valence-electron chi connectivity index (χ2n) is 7.03. The fourth-order valence-electron chi connectivity index (χ4n) is 2.69. The molecule has 0 aromatic carbocycles. The molecule has 1 unspecified atom stereocenters. The Hall–Kier alpha value is -1.10. The number of nitrogens with one attached hydrogen (secondary N) is 1. The highest BCUT2D eigenvalue weighted by molar-refractivity contribution is 5.81. The van der Waals surface area contributed by atoms with Gasteiger partial charge in [-0.15, -0.1) is 0 Å². The molecule has 1 atom stereocenters. The third kappa shape index (κ3) is 6.46. The van der Waals surface area contributed by atoms with Crippen molar-refractivity contribution >= 4 is 11.8 Å². The number of nitrogens with zero attached hydrogens (tertiary/aromatic N) is 2. The first-order chi connectivity index (χ1) is 9.73. The quantitative estimate of drug-likeness (QED) is 0.839. The Bertz CT molecular complexity index is 363. The van der Waals surface area contributed by atoms with Gasteiger partial charge in [-0.05, 0) is 53.5 Å². The highest BCUT2D eigenvalue weighted by atomic mass is 16.2. The van der Waals surface area contributed by atoms with Gasteiger partial charge in [0.1, 0.15) is 0 Å². The van der Waals surface area contributed by atoms with Crippen molar-refractivity contribution in [3.63, 3.8) is 0 Å². The van der Waals surface area contributed by atoms with Gasteiger partial charge < -0.3 is 10.2 Å². The zero-order valence-corrected chi connectivity index (χ0v) is 14.2. The molecule has 122 valence electrons. The molecule has 1 fully saturated rings. The van der Waals surface area contributed by atoms with Crippen LogP contribution in [0.15, 0.2) is 0 Å². The SMILES string of the molecule is CCN(CC(=O)NC(C)(C)C)CC(=O)N1CCCCC1C. The number of amides is 2. The third-order valence-electron chi connectivity index (χ3n) is 3.81. The van der Waals surface area contributed by atoms with Crippen LogP contribution in [0.5, 0.6) is 0 Å². The largest absolute Gasteiger partial charge is 0.350 e. The molecule has 1 saturated heterocycles. The molecule has 0 aliphatic carbocycles. The Kier molecular flexibility index (Phi) is 6.65. The number of carbonyl (C=O) groups is 2. The standard InChI is InChI=1S/C16H31N3O2/c1-6-18(11-14(20)17-16(3,4)5)12-15(21)19-10-8-7-9-13(19)2/h13H,6-12H2,1-5H3,(H,17,20). The van der Waals surface area contributed by atoms with E-state index in [0.29, 0.717) is 19.1 Å². The van der Waals surface area contributed by atoms with E-state index < -0.39 is 0 Å². The topological polar surface area (TPSA) is 52.7 Å². The lowest BCUT2D eigenvalue weighted by Crippen LogP contribution is -2.50. The summed E-state index contributed by atoms with van der Waals surface area (Å²) in [6, 6.07) is 0.327. The summed E-state index contributed by atoms with van der Waals surface area (Å²) in [6.07, 6.45) is 3.38. The van der Waals surface area contributed by atoms with Gasteiger partial charge in [-0.3, -0.25) is 14.5 Å². The first kappa shape index (κ1) is 18.0. The van der Waals surface area contributed by atoms with Crippen LogP contribution in [0.25, 0.3) is 0 Å². The second kappa shape index (κ2) is 7.78. The molecular formula is C16H31N3O2. The van der Waals surface area contributed by atoms with Crippen LogP contribution >= 0.6 is 0 Å². The number of piperidine rings is 1. The van der Waals surface area contributed by atoms with Crippen molar-refractivity contribution < 1.29 is 9.59 Å². The molecule has 0 spiro atoms. The molecule has 5 heteroatoms. The first-order valence-corrected chi connectivity index (χ1v) is 8.05. The summed E-state index contributed by atoms with van der Waals surface area (Å²) < 4.78 is 0. The average molecular weight is 297 g/mol. The molecular weight excluding hydrogens is 266 g/mol. The van der Waals surface area contributed by atoms with E-state index in [1.165, 1.54) is 6.42 Å². The Morgan fingerprint density at radius 2 is 1.90 bits per heavy atom. The van der Waals surface area contributed by atoms with Crippen molar-refractivity contribution in [3.8, 4) is 0 Å². The van der Waals surface area contributed by atoms with Gasteiger partial charge in [-0.25, -0.2) is 0 Å². The Labute approximate surface area is 129 Å². The van der Waals surface area contributed by atoms with E-state index in [-0.39, 0.29) is 23.9 Å². The molecule has 1 aliphatic heterocycles. The summed E-state index contributed by atoms with van der Waals surface area (Å²) >= 11 is 0. The molecule has 0 aromatic heterocycles. The van der Waals surface area contributed by atoms with Crippen molar-refractivity contribution in [1.29, 1.82) is 0 Å². The van der Waals surface area contributed by atoms with Crippen molar-refractivity contribution in [2.45, 2.75) is 65.5 Å². The zero-order chi connectivity index (χ0) is 16.0. The Morgan fingerprint density at radius 3 is 2.43 bits per heavy atom. The molecule has 0 aromatic rings. The fraction of sp³-hybridized carbons (Fsp3) is 0.875. The highest BCUT2D eigenvalue weighted by Crippen LogP contribution is 2.16. The Morgan fingerprint density at radius 1 is 1.24 bits per heavy atom. The monoisotopic (exact) mass is 297 g/mol. The van der Waals surface area contributed by atoms with Gasteiger partial charge in [-0.2, -0.15) is 0 Å². The van der Waals surface area contributed by atoms with E-state index in [2.05, 4.69) is 12.2 Å². The van der Waals surface area contributed by atoms with E-state index in [1.807, 2.05) is 37.5 Å². The van der Waals surface area contributed by atoms with Crippen molar-refractivity contribution in [1.82, 2.24) is 15.1 Å². The van der Waals surface area contributed by atoms with Crippen LogP contribution in [-0.2, 0) is 9.59 Å². The van der Waals surface area contributed by atoms with Crippen LogP contribution < -0.4 is 5.32 Å². The van der Waals surface area contributed by atoms with Crippen molar-refractivity contribution in [2.75, 3.05) is 26.2 Å². The van der Waals surface area contributed by atoms with E-state index in [1.54, 1.807) is 0 Å². The summed E-state index contributed by atoms with van der Waals surface area (Å²) in [5.74, 6) is 0.122. The number of likely N-dealkylation sites (N-methyl/N-ethyl adjacent to an activating group) is 1. The third-order valence-corrected chi connectivity index (χ3v) is 3.81. The van der Waals surface area contributed by atoms with Gasteiger partial charge in [0, 0.05) is 18.1 Å². The normalized spacial score (nSPS) is 19.7. The maximum absolute atomic E-state index is 12.4. The molecule has 0 saturated carbocycles. The van der Waals surface area contributed by atoms with Crippen LogP contribution in [0.3, 0.4) is 0 Å². The lowest BCUT2D eigenvalue weighted by Gasteiger charge is -2.35. The summed E-state index contributed by atoms with van der Waals surface area (Å²) in [4.78, 5) is 28.2. The summed E-state index contributed by atoms with van der Waals surface area (Å²) in [5.41, 5.74) is -0.234. The maximum atomic E-state index is 12.4. The highest BCUT2D eigenvalue weighted by Gasteiger charge is 2.25. The molecule has 0 bridgehead atoms. The predicted molar refractivity (Wildman–Crippen MR) is 85.0 cm³/mol. The zero-order valence-electron chi connectivity index (χ0n) is 14.2. The molecule has 1 N–H and O–H groups in total. The number of hydrogen-bond donors (Lipinski definition) is 1. The molecule has 1 rings (SSSR count). The van der Waals surface area contributed by atoms with Crippen LogP contribution in [-0.4, -0.2) is 59.4 Å².